The number of hydrogen-bond donors (Lipinski definition) is 2. The monoisotopic (exact) mass is 466 g/mol. The molecule has 182 valence electrons. The maximum Gasteiger partial charge on any atom is 0.271 e. The Morgan fingerprint density at radius 2 is 1.35 bits per heavy atom. The predicted molar refractivity (Wildman–Crippen MR) is 118 cm³/mol. The van der Waals surface area contributed by atoms with Crippen LogP contribution < -0.4 is 0 Å². The van der Waals surface area contributed by atoms with E-state index >= 15 is 0 Å². The zero-order valence-corrected chi connectivity index (χ0v) is 21.1. The number of aliphatic hydroxyl groups excluding tert-OH is 2. The van der Waals surface area contributed by atoms with Gasteiger partial charge in [-0.05, 0) is 55.4 Å². The lowest BCUT2D eigenvalue weighted by atomic mass is 10.1. The first-order valence-electron chi connectivity index (χ1n) is 10.9. The fraction of sp³-hybridized carbons (Fsp3) is 1.00. The van der Waals surface area contributed by atoms with Gasteiger partial charge in [-0.15, -0.1) is 0 Å². The van der Waals surface area contributed by atoms with Crippen LogP contribution in [0.15, 0.2) is 0 Å². The SMILES string of the molecule is BP(=O)(OC[C@H]1O[C@@H](C)C(O)[C@H]1OC(C)(C)C)O[C@@H]1C(O)[C@H](C)O[C@@H]1COC(C)(C)C. The number of aliphatic hydroxyl groups is 2. The van der Waals surface area contributed by atoms with E-state index in [2.05, 4.69) is 0 Å². The first-order chi connectivity index (χ1) is 14.0. The Labute approximate surface area is 187 Å². The van der Waals surface area contributed by atoms with Crippen LogP contribution in [0.5, 0.6) is 0 Å². The van der Waals surface area contributed by atoms with Gasteiger partial charge < -0.3 is 38.2 Å². The van der Waals surface area contributed by atoms with Crippen LogP contribution in [0.2, 0.25) is 0 Å². The Morgan fingerprint density at radius 3 is 1.84 bits per heavy atom. The minimum atomic E-state index is -3.59. The van der Waals surface area contributed by atoms with E-state index in [0.29, 0.717) is 0 Å². The predicted octanol–water partition coefficient (Wildman–Crippen LogP) is 1.42. The Balaban J connectivity index is 2.00. The van der Waals surface area contributed by atoms with Gasteiger partial charge in [0.15, 0.2) is 0 Å². The summed E-state index contributed by atoms with van der Waals surface area (Å²) in [7, 11) is -2.24. The van der Waals surface area contributed by atoms with Crippen LogP contribution in [0.3, 0.4) is 0 Å². The minimum Gasteiger partial charge on any atom is -0.388 e. The standard InChI is InChI=1S/C20H40BO9P/c1-11-15(22)17(29-20(6,7)8)14(28-11)10-26-31(21,24)30-18-13(9-25-19(3,4)5)27-12(2)16(18)23/h11-18,22-23H,9-10,21H2,1-8H3/t11-,12-,13+,14+,15?,16?,17-,18-,31?/m0/s1. The molecule has 0 aromatic heterocycles. The highest BCUT2D eigenvalue weighted by Crippen LogP contribution is 2.47. The normalized spacial score (nSPS) is 39.0. The van der Waals surface area contributed by atoms with Crippen molar-refractivity contribution in [3.05, 3.63) is 0 Å². The summed E-state index contributed by atoms with van der Waals surface area (Å²) in [4.78, 5) is 0. The van der Waals surface area contributed by atoms with E-state index in [4.69, 9.17) is 28.0 Å². The zero-order chi connectivity index (χ0) is 23.8. The van der Waals surface area contributed by atoms with Gasteiger partial charge in [0, 0.05) is 0 Å². The van der Waals surface area contributed by atoms with Crippen LogP contribution >= 0.6 is 7.47 Å². The van der Waals surface area contributed by atoms with Gasteiger partial charge in [0.05, 0.1) is 36.6 Å². The molecular weight excluding hydrogens is 426 g/mol. The largest absolute Gasteiger partial charge is 0.388 e. The van der Waals surface area contributed by atoms with Gasteiger partial charge in [-0.1, -0.05) is 0 Å². The van der Waals surface area contributed by atoms with E-state index < -0.39 is 67.5 Å². The summed E-state index contributed by atoms with van der Waals surface area (Å²) < 4.78 is 47.6. The molecule has 0 aromatic rings. The van der Waals surface area contributed by atoms with Crippen LogP contribution in [0, 0.1) is 0 Å². The third-order valence-corrected chi connectivity index (χ3v) is 6.35. The van der Waals surface area contributed by atoms with Crippen LogP contribution in [0.25, 0.3) is 0 Å². The number of rotatable bonds is 8. The Kier molecular flexibility index (Phi) is 8.85. The molecule has 31 heavy (non-hydrogen) atoms. The van der Waals surface area contributed by atoms with Gasteiger partial charge in [-0.3, -0.25) is 4.57 Å². The summed E-state index contributed by atoms with van der Waals surface area (Å²) in [6, 6.07) is 0. The first-order valence-corrected chi connectivity index (χ1v) is 12.9. The lowest BCUT2D eigenvalue weighted by Crippen LogP contribution is -2.42. The fourth-order valence-corrected chi connectivity index (χ4v) is 4.77. The second kappa shape index (κ2) is 10.1. The Morgan fingerprint density at radius 1 is 0.871 bits per heavy atom. The van der Waals surface area contributed by atoms with Crippen molar-refractivity contribution in [1.82, 2.24) is 0 Å². The van der Waals surface area contributed by atoms with Gasteiger partial charge >= 0.3 is 0 Å². The quantitative estimate of drug-likeness (QED) is 0.405. The van der Waals surface area contributed by atoms with Crippen molar-refractivity contribution in [2.45, 2.75) is 115 Å². The van der Waals surface area contributed by atoms with Crippen LogP contribution in [-0.4, -0.2) is 91.0 Å². The van der Waals surface area contributed by atoms with Crippen molar-refractivity contribution in [1.29, 1.82) is 0 Å². The Bertz CT molecular complexity index is 635. The molecule has 0 saturated carbocycles. The second-order valence-electron chi connectivity index (χ2n) is 10.5. The molecule has 2 N–H and O–H groups in total. The van der Waals surface area contributed by atoms with E-state index in [1.165, 1.54) is 7.57 Å². The molecule has 0 spiro atoms. The second-order valence-corrected chi connectivity index (χ2v) is 12.5. The molecule has 2 heterocycles. The summed E-state index contributed by atoms with van der Waals surface area (Å²) in [6.07, 6.45) is -5.39. The molecule has 0 aliphatic carbocycles. The van der Waals surface area contributed by atoms with Gasteiger partial charge in [0.1, 0.15) is 36.6 Å². The average Bonchev–Trinajstić information content (AvgIpc) is 3.01. The third kappa shape index (κ3) is 8.05. The van der Waals surface area contributed by atoms with E-state index in [1.807, 2.05) is 41.5 Å². The van der Waals surface area contributed by atoms with Gasteiger partial charge in [0.25, 0.3) is 15.0 Å². The van der Waals surface area contributed by atoms with Crippen molar-refractivity contribution in [2.24, 2.45) is 0 Å². The number of ether oxygens (including phenoxy) is 4. The zero-order valence-electron chi connectivity index (χ0n) is 20.2. The smallest absolute Gasteiger partial charge is 0.271 e. The van der Waals surface area contributed by atoms with Crippen molar-refractivity contribution in [2.75, 3.05) is 13.2 Å². The highest BCUT2D eigenvalue weighted by Gasteiger charge is 2.47. The van der Waals surface area contributed by atoms with Crippen molar-refractivity contribution in [3.63, 3.8) is 0 Å². The van der Waals surface area contributed by atoms with Gasteiger partial charge in [-0.2, -0.15) is 0 Å². The lowest BCUT2D eigenvalue weighted by Gasteiger charge is -2.30. The van der Waals surface area contributed by atoms with E-state index in [0.717, 1.165) is 0 Å². The molecule has 0 bridgehead atoms. The molecule has 9 nitrogen and oxygen atoms in total. The highest BCUT2D eigenvalue weighted by atomic mass is 31.2. The molecule has 2 aliphatic heterocycles. The van der Waals surface area contributed by atoms with Gasteiger partial charge in [-0.25, -0.2) is 0 Å². The Hall–Kier alpha value is -0.0251. The molecule has 11 heteroatoms. The van der Waals surface area contributed by atoms with E-state index in [1.54, 1.807) is 13.8 Å². The molecule has 0 aromatic carbocycles. The first kappa shape index (κ1) is 27.2. The highest BCUT2D eigenvalue weighted by molar-refractivity contribution is 7.79. The molecule has 3 unspecified atom stereocenters. The third-order valence-electron chi connectivity index (χ3n) is 5.10. The summed E-state index contributed by atoms with van der Waals surface area (Å²) in [5.41, 5.74) is -0.887. The molecular formula is C20H40BO9P. The average molecular weight is 466 g/mol. The molecule has 2 fully saturated rings. The molecule has 9 atom stereocenters. The summed E-state index contributed by atoms with van der Waals surface area (Å²) in [6.45, 7) is 15.0. The van der Waals surface area contributed by atoms with Crippen LogP contribution in [-0.2, 0) is 32.6 Å². The van der Waals surface area contributed by atoms with Crippen LogP contribution in [0.4, 0.5) is 0 Å². The molecule has 2 rings (SSSR count). The lowest BCUT2D eigenvalue weighted by molar-refractivity contribution is -0.119. The van der Waals surface area contributed by atoms with Crippen molar-refractivity contribution >= 4 is 15.0 Å². The van der Waals surface area contributed by atoms with Crippen molar-refractivity contribution < 1.29 is 42.8 Å². The van der Waals surface area contributed by atoms with Crippen LogP contribution in [0.1, 0.15) is 55.4 Å². The summed E-state index contributed by atoms with van der Waals surface area (Å²) >= 11 is 0. The van der Waals surface area contributed by atoms with E-state index in [-0.39, 0.29) is 13.2 Å². The molecule has 0 radical (unpaired) electrons. The molecule has 2 saturated heterocycles. The summed E-state index contributed by atoms with van der Waals surface area (Å²) in [5.74, 6) is 0. The van der Waals surface area contributed by atoms with Crippen molar-refractivity contribution in [3.8, 4) is 0 Å². The topological polar surface area (TPSA) is 113 Å². The maximum atomic E-state index is 13.1. The molecule has 0 amide bonds. The fourth-order valence-electron chi connectivity index (χ4n) is 3.59. The number of hydrogen-bond acceptors (Lipinski definition) is 9. The minimum absolute atomic E-state index is 0.0850. The maximum absolute atomic E-state index is 13.1. The molecule has 2 aliphatic rings. The van der Waals surface area contributed by atoms with E-state index in [9.17, 15) is 14.8 Å². The summed E-state index contributed by atoms with van der Waals surface area (Å²) in [5, 5.41) is 20.9. The van der Waals surface area contributed by atoms with Gasteiger partial charge in [0.2, 0.25) is 0 Å².